The number of ether oxygens (including phenoxy) is 1. The normalized spacial score (nSPS) is 17.5. The fourth-order valence-electron chi connectivity index (χ4n) is 2.01. The Kier molecular flexibility index (Phi) is 3.26. The van der Waals surface area contributed by atoms with E-state index in [0.29, 0.717) is 24.5 Å². The number of carbonyl (C=O) groups is 1. The third kappa shape index (κ3) is 2.06. The van der Waals surface area contributed by atoms with Gasteiger partial charge in [-0.15, -0.1) is 0 Å². The van der Waals surface area contributed by atoms with Gasteiger partial charge in [0, 0.05) is 6.20 Å². The highest BCUT2D eigenvalue weighted by molar-refractivity contribution is 5.97. The Bertz CT molecular complexity index is 453. The number of pyridine rings is 1. The Morgan fingerprint density at radius 3 is 2.78 bits per heavy atom. The molecule has 1 saturated heterocycles. The molecule has 1 fully saturated rings. The molecule has 2 rings (SSSR count). The van der Waals surface area contributed by atoms with Gasteiger partial charge in [-0.2, -0.15) is 0 Å². The summed E-state index contributed by atoms with van der Waals surface area (Å²) in [7, 11) is 1.49. The molecule has 0 aromatic carbocycles. The molecule has 5 nitrogen and oxygen atoms in total. The van der Waals surface area contributed by atoms with Crippen LogP contribution in [0, 0.1) is 5.92 Å². The van der Waals surface area contributed by atoms with Crippen molar-refractivity contribution in [2.75, 3.05) is 20.2 Å². The second-order valence-electron chi connectivity index (χ2n) is 4.98. The van der Waals surface area contributed by atoms with Crippen molar-refractivity contribution in [2.45, 2.75) is 19.4 Å². The molecule has 98 valence electrons. The topological polar surface area (TPSA) is 62.7 Å². The molecule has 18 heavy (non-hydrogen) atoms. The van der Waals surface area contributed by atoms with E-state index < -0.39 is 5.60 Å². The number of carbonyl (C=O) groups excluding carboxylic acids is 1. The third-order valence-corrected chi connectivity index (χ3v) is 3.49. The van der Waals surface area contributed by atoms with E-state index >= 15 is 0 Å². The SMILES string of the molecule is COc1ncccc1C(=O)N1CC(O)(C(C)C)C1. The smallest absolute Gasteiger partial charge is 0.259 e. The number of β-amino-alcohol motifs (C(OH)–C–C–N with tert-alkyl or cyclic N) is 1. The van der Waals surface area contributed by atoms with Gasteiger partial charge in [-0.3, -0.25) is 4.79 Å². The van der Waals surface area contributed by atoms with E-state index in [9.17, 15) is 9.90 Å². The molecule has 0 bridgehead atoms. The van der Waals surface area contributed by atoms with Crippen LogP contribution in [0.25, 0.3) is 0 Å². The van der Waals surface area contributed by atoms with Crippen molar-refractivity contribution >= 4 is 5.91 Å². The molecular weight excluding hydrogens is 232 g/mol. The number of aliphatic hydroxyl groups is 1. The predicted molar refractivity (Wildman–Crippen MR) is 66.5 cm³/mol. The van der Waals surface area contributed by atoms with Crippen molar-refractivity contribution in [1.29, 1.82) is 0 Å². The number of nitrogens with zero attached hydrogens (tertiary/aromatic N) is 2. The number of amides is 1. The van der Waals surface area contributed by atoms with Gasteiger partial charge in [-0.25, -0.2) is 4.98 Å². The minimum Gasteiger partial charge on any atom is -0.480 e. The third-order valence-electron chi connectivity index (χ3n) is 3.49. The zero-order valence-corrected chi connectivity index (χ0v) is 10.9. The molecule has 2 heterocycles. The van der Waals surface area contributed by atoms with Gasteiger partial charge < -0.3 is 14.7 Å². The first-order valence-electron chi connectivity index (χ1n) is 5.98. The number of hydrogen-bond acceptors (Lipinski definition) is 4. The van der Waals surface area contributed by atoms with Gasteiger partial charge in [0.15, 0.2) is 0 Å². The number of aromatic nitrogens is 1. The fourth-order valence-corrected chi connectivity index (χ4v) is 2.01. The maximum atomic E-state index is 12.2. The highest BCUT2D eigenvalue weighted by atomic mass is 16.5. The first kappa shape index (κ1) is 12.8. The summed E-state index contributed by atoms with van der Waals surface area (Å²) in [6.45, 7) is 4.63. The molecule has 1 aliphatic rings. The summed E-state index contributed by atoms with van der Waals surface area (Å²) in [5.41, 5.74) is -0.323. The van der Waals surface area contributed by atoms with Crippen LogP contribution in [0.15, 0.2) is 18.3 Å². The van der Waals surface area contributed by atoms with Crippen LogP contribution in [0.2, 0.25) is 0 Å². The summed E-state index contributed by atoms with van der Waals surface area (Å²) in [6, 6.07) is 3.38. The zero-order valence-electron chi connectivity index (χ0n) is 10.9. The standard InChI is InChI=1S/C13H18N2O3/c1-9(2)13(17)7-15(8-13)12(16)10-5-4-6-14-11(10)18-3/h4-6,9,17H,7-8H2,1-3H3. The Hall–Kier alpha value is -1.62. The van der Waals surface area contributed by atoms with Crippen molar-refractivity contribution in [1.82, 2.24) is 9.88 Å². The molecule has 0 spiro atoms. The molecule has 0 saturated carbocycles. The second kappa shape index (κ2) is 4.57. The summed E-state index contributed by atoms with van der Waals surface area (Å²) in [5, 5.41) is 10.1. The lowest BCUT2D eigenvalue weighted by molar-refractivity contribution is -0.110. The number of likely N-dealkylation sites (tertiary alicyclic amines) is 1. The monoisotopic (exact) mass is 250 g/mol. The van der Waals surface area contributed by atoms with Gasteiger partial charge in [0.25, 0.3) is 5.91 Å². The molecule has 0 radical (unpaired) electrons. The van der Waals surface area contributed by atoms with Gasteiger partial charge in [0.2, 0.25) is 5.88 Å². The summed E-state index contributed by atoms with van der Waals surface area (Å²) >= 11 is 0. The Morgan fingerprint density at radius 1 is 1.56 bits per heavy atom. The zero-order chi connectivity index (χ0) is 13.3. The predicted octanol–water partition coefficient (Wildman–Crippen LogP) is 0.933. The molecule has 1 amide bonds. The van der Waals surface area contributed by atoms with Crippen LogP contribution in [0.5, 0.6) is 5.88 Å². The molecule has 1 aliphatic heterocycles. The van der Waals surface area contributed by atoms with Gasteiger partial charge >= 0.3 is 0 Å². The molecule has 0 unspecified atom stereocenters. The van der Waals surface area contributed by atoms with Crippen LogP contribution < -0.4 is 4.74 Å². The van der Waals surface area contributed by atoms with Gasteiger partial charge in [0.05, 0.1) is 20.2 Å². The first-order valence-corrected chi connectivity index (χ1v) is 5.98. The second-order valence-corrected chi connectivity index (χ2v) is 4.98. The molecular formula is C13H18N2O3. The lowest BCUT2D eigenvalue weighted by Crippen LogP contribution is -2.65. The summed E-state index contributed by atoms with van der Waals surface area (Å²) in [4.78, 5) is 17.8. The van der Waals surface area contributed by atoms with Gasteiger partial charge in [0.1, 0.15) is 11.2 Å². The summed E-state index contributed by atoms with van der Waals surface area (Å²) < 4.78 is 5.06. The van der Waals surface area contributed by atoms with Gasteiger partial charge in [-0.1, -0.05) is 13.8 Å². The Balaban J connectivity index is 2.11. The molecule has 5 heteroatoms. The average Bonchev–Trinajstić information content (AvgIpc) is 2.33. The maximum absolute atomic E-state index is 12.2. The number of rotatable bonds is 3. The average molecular weight is 250 g/mol. The number of hydrogen-bond donors (Lipinski definition) is 1. The molecule has 1 aromatic heterocycles. The van der Waals surface area contributed by atoms with Crippen LogP contribution in [0.4, 0.5) is 0 Å². The van der Waals surface area contributed by atoms with Crippen LogP contribution in [0.3, 0.4) is 0 Å². The Labute approximate surface area is 106 Å². The van der Waals surface area contributed by atoms with Crippen molar-refractivity contribution < 1.29 is 14.6 Å². The van der Waals surface area contributed by atoms with E-state index in [-0.39, 0.29) is 11.8 Å². The van der Waals surface area contributed by atoms with Crippen LogP contribution in [-0.2, 0) is 0 Å². The van der Waals surface area contributed by atoms with Crippen molar-refractivity contribution in [2.24, 2.45) is 5.92 Å². The van der Waals surface area contributed by atoms with E-state index in [1.54, 1.807) is 23.2 Å². The molecule has 0 atom stereocenters. The fraction of sp³-hybridized carbons (Fsp3) is 0.538. The van der Waals surface area contributed by atoms with E-state index in [2.05, 4.69) is 4.98 Å². The van der Waals surface area contributed by atoms with Crippen molar-refractivity contribution in [3.05, 3.63) is 23.9 Å². The maximum Gasteiger partial charge on any atom is 0.259 e. The minimum absolute atomic E-state index is 0.136. The quantitative estimate of drug-likeness (QED) is 0.867. The summed E-state index contributed by atoms with van der Waals surface area (Å²) in [5.74, 6) is 0.310. The number of methoxy groups -OCH3 is 1. The van der Waals surface area contributed by atoms with Gasteiger partial charge in [-0.05, 0) is 18.1 Å². The van der Waals surface area contributed by atoms with Crippen LogP contribution >= 0.6 is 0 Å². The lowest BCUT2D eigenvalue weighted by Gasteiger charge is -2.49. The van der Waals surface area contributed by atoms with E-state index in [1.165, 1.54) is 7.11 Å². The molecule has 1 N–H and O–H groups in total. The minimum atomic E-state index is -0.759. The highest BCUT2D eigenvalue weighted by Gasteiger charge is 2.46. The van der Waals surface area contributed by atoms with E-state index in [0.717, 1.165) is 0 Å². The molecule has 0 aliphatic carbocycles. The summed E-state index contributed by atoms with van der Waals surface area (Å²) in [6.07, 6.45) is 1.58. The highest BCUT2D eigenvalue weighted by Crippen LogP contribution is 2.30. The van der Waals surface area contributed by atoms with E-state index in [1.807, 2.05) is 13.8 Å². The van der Waals surface area contributed by atoms with Crippen LogP contribution in [0.1, 0.15) is 24.2 Å². The molecule has 1 aromatic rings. The first-order chi connectivity index (χ1) is 8.48. The van der Waals surface area contributed by atoms with Crippen molar-refractivity contribution in [3.8, 4) is 5.88 Å². The lowest BCUT2D eigenvalue weighted by atomic mass is 9.82. The van der Waals surface area contributed by atoms with Crippen LogP contribution in [-0.4, -0.2) is 46.7 Å². The Morgan fingerprint density at radius 2 is 2.22 bits per heavy atom. The largest absolute Gasteiger partial charge is 0.480 e. The van der Waals surface area contributed by atoms with E-state index in [4.69, 9.17) is 4.74 Å². The van der Waals surface area contributed by atoms with Crippen molar-refractivity contribution in [3.63, 3.8) is 0 Å².